The molecule has 0 spiro atoms. The van der Waals surface area contributed by atoms with Gasteiger partial charge in [-0.15, -0.1) is 0 Å². The second-order valence-corrected chi connectivity index (χ2v) is 6.83. The van der Waals surface area contributed by atoms with Gasteiger partial charge >= 0.3 is 0 Å². The molecule has 0 bridgehead atoms. The summed E-state index contributed by atoms with van der Waals surface area (Å²) in [6.07, 6.45) is 5.81. The quantitative estimate of drug-likeness (QED) is 0.657. The molecule has 5 heteroatoms. The monoisotopic (exact) mass is 352 g/mol. The molecule has 0 saturated carbocycles. The van der Waals surface area contributed by atoms with Crippen molar-refractivity contribution in [2.24, 2.45) is 0 Å². The highest BCUT2D eigenvalue weighted by Crippen LogP contribution is 2.24. The van der Waals surface area contributed by atoms with Crippen molar-refractivity contribution in [1.82, 2.24) is 9.88 Å². The van der Waals surface area contributed by atoms with Crippen LogP contribution in [0.5, 0.6) is 0 Å². The third kappa shape index (κ3) is 4.06. The van der Waals surface area contributed by atoms with Gasteiger partial charge in [-0.05, 0) is 37.9 Å². The maximum absolute atomic E-state index is 6.13. The van der Waals surface area contributed by atoms with Crippen LogP contribution in [-0.2, 0) is 17.9 Å². The lowest BCUT2D eigenvalue weighted by Crippen LogP contribution is -2.39. The van der Waals surface area contributed by atoms with E-state index in [1.54, 1.807) is 12.5 Å². The Balaban J connectivity index is 1.35. The SMILES string of the molecule is Cc1oc(-c2ccoc2)nc1CN1CCC[C@H](OCc2ccccc2)C1. The molecule has 1 saturated heterocycles. The van der Waals surface area contributed by atoms with Gasteiger partial charge in [-0.3, -0.25) is 4.90 Å². The Morgan fingerprint density at radius 3 is 2.92 bits per heavy atom. The van der Waals surface area contributed by atoms with Crippen LogP contribution in [0.4, 0.5) is 0 Å². The number of likely N-dealkylation sites (tertiary alicyclic amines) is 1. The fourth-order valence-corrected chi connectivity index (χ4v) is 3.38. The number of ether oxygens (including phenoxy) is 1. The topological polar surface area (TPSA) is 51.6 Å². The van der Waals surface area contributed by atoms with E-state index in [0.29, 0.717) is 12.5 Å². The summed E-state index contributed by atoms with van der Waals surface area (Å²) in [4.78, 5) is 7.06. The van der Waals surface area contributed by atoms with Crippen molar-refractivity contribution in [3.05, 3.63) is 65.9 Å². The Morgan fingerprint density at radius 1 is 1.23 bits per heavy atom. The summed E-state index contributed by atoms with van der Waals surface area (Å²) in [6, 6.07) is 12.2. The van der Waals surface area contributed by atoms with Crippen molar-refractivity contribution < 1.29 is 13.6 Å². The van der Waals surface area contributed by atoms with E-state index in [4.69, 9.17) is 13.6 Å². The largest absolute Gasteiger partial charge is 0.472 e. The van der Waals surface area contributed by atoms with E-state index in [1.165, 1.54) is 5.56 Å². The van der Waals surface area contributed by atoms with Crippen molar-refractivity contribution in [2.75, 3.05) is 13.1 Å². The van der Waals surface area contributed by atoms with Gasteiger partial charge in [-0.2, -0.15) is 0 Å². The molecule has 0 N–H and O–H groups in total. The summed E-state index contributed by atoms with van der Waals surface area (Å²) < 4.78 is 17.1. The van der Waals surface area contributed by atoms with Crippen LogP contribution < -0.4 is 0 Å². The first kappa shape index (κ1) is 17.1. The maximum Gasteiger partial charge on any atom is 0.229 e. The summed E-state index contributed by atoms with van der Waals surface area (Å²) >= 11 is 0. The minimum Gasteiger partial charge on any atom is -0.472 e. The molecule has 2 aromatic heterocycles. The Kier molecular flexibility index (Phi) is 5.18. The highest BCUT2D eigenvalue weighted by atomic mass is 16.5. The van der Waals surface area contributed by atoms with Crippen LogP contribution in [0.15, 0.2) is 57.8 Å². The predicted octanol–water partition coefficient (Wildman–Crippen LogP) is 4.42. The van der Waals surface area contributed by atoms with Crippen molar-refractivity contribution >= 4 is 0 Å². The molecular formula is C21H24N2O3. The van der Waals surface area contributed by atoms with E-state index >= 15 is 0 Å². The van der Waals surface area contributed by atoms with E-state index in [-0.39, 0.29) is 6.10 Å². The molecule has 136 valence electrons. The van der Waals surface area contributed by atoms with Gasteiger partial charge in [0.1, 0.15) is 12.0 Å². The molecule has 5 nitrogen and oxygen atoms in total. The van der Waals surface area contributed by atoms with Crippen LogP contribution in [-0.4, -0.2) is 29.1 Å². The van der Waals surface area contributed by atoms with Gasteiger partial charge in [-0.1, -0.05) is 30.3 Å². The molecule has 0 amide bonds. The van der Waals surface area contributed by atoms with Gasteiger partial charge in [0.15, 0.2) is 0 Å². The number of aryl methyl sites for hydroxylation is 1. The predicted molar refractivity (Wildman–Crippen MR) is 98.5 cm³/mol. The number of benzene rings is 1. The summed E-state index contributed by atoms with van der Waals surface area (Å²) in [6.45, 7) is 5.43. The molecule has 4 rings (SSSR count). The zero-order valence-electron chi connectivity index (χ0n) is 15.1. The number of hydrogen-bond acceptors (Lipinski definition) is 5. The van der Waals surface area contributed by atoms with Crippen LogP contribution in [0.2, 0.25) is 0 Å². The van der Waals surface area contributed by atoms with Crippen LogP contribution in [0, 0.1) is 6.92 Å². The zero-order valence-corrected chi connectivity index (χ0v) is 15.1. The van der Waals surface area contributed by atoms with Crippen molar-refractivity contribution in [2.45, 2.75) is 39.0 Å². The van der Waals surface area contributed by atoms with E-state index in [1.807, 2.05) is 19.1 Å². The fraction of sp³-hybridized carbons (Fsp3) is 0.381. The molecule has 1 aliphatic rings. The van der Waals surface area contributed by atoms with Crippen molar-refractivity contribution in [3.8, 4) is 11.5 Å². The standard InChI is InChI=1S/C21H24N2O3/c1-16-20(22-21(26-16)18-9-11-24-15-18)13-23-10-5-8-19(12-23)25-14-17-6-3-2-4-7-17/h2-4,6-7,9,11,15,19H,5,8,10,12-14H2,1H3/t19-/m0/s1. The molecule has 0 unspecified atom stereocenters. The van der Waals surface area contributed by atoms with Gasteiger partial charge in [-0.25, -0.2) is 4.98 Å². The molecule has 0 aliphatic carbocycles. The van der Waals surface area contributed by atoms with Gasteiger partial charge in [0.05, 0.1) is 30.2 Å². The minimum atomic E-state index is 0.268. The van der Waals surface area contributed by atoms with Crippen molar-refractivity contribution in [3.63, 3.8) is 0 Å². The van der Waals surface area contributed by atoms with E-state index < -0.39 is 0 Å². The third-order valence-electron chi connectivity index (χ3n) is 4.82. The number of aromatic nitrogens is 1. The summed E-state index contributed by atoms with van der Waals surface area (Å²) in [5.74, 6) is 1.49. The van der Waals surface area contributed by atoms with Gasteiger partial charge < -0.3 is 13.6 Å². The molecule has 0 radical (unpaired) electrons. The minimum absolute atomic E-state index is 0.268. The first-order valence-electron chi connectivity index (χ1n) is 9.14. The normalized spacial score (nSPS) is 18.3. The first-order valence-corrected chi connectivity index (χ1v) is 9.14. The van der Waals surface area contributed by atoms with E-state index in [2.05, 4.69) is 34.1 Å². The van der Waals surface area contributed by atoms with Gasteiger partial charge in [0.25, 0.3) is 0 Å². The van der Waals surface area contributed by atoms with E-state index in [0.717, 1.165) is 49.5 Å². The smallest absolute Gasteiger partial charge is 0.229 e. The van der Waals surface area contributed by atoms with Crippen molar-refractivity contribution in [1.29, 1.82) is 0 Å². The first-order chi connectivity index (χ1) is 12.8. The molecular weight excluding hydrogens is 328 g/mol. The summed E-state index contributed by atoms with van der Waals surface area (Å²) in [7, 11) is 0. The Labute approximate surface area is 153 Å². The number of furan rings is 1. The maximum atomic E-state index is 6.13. The molecule has 3 aromatic rings. The lowest BCUT2D eigenvalue weighted by molar-refractivity contribution is -0.0123. The highest BCUT2D eigenvalue weighted by Gasteiger charge is 2.23. The lowest BCUT2D eigenvalue weighted by atomic mass is 10.1. The van der Waals surface area contributed by atoms with E-state index in [9.17, 15) is 0 Å². The lowest BCUT2D eigenvalue weighted by Gasteiger charge is -2.32. The molecule has 1 aliphatic heterocycles. The summed E-state index contributed by atoms with van der Waals surface area (Å²) in [5.41, 5.74) is 3.09. The second-order valence-electron chi connectivity index (χ2n) is 6.83. The highest BCUT2D eigenvalue weighted by molar-refractivity contribution is 5.51. The number of rotatable bonds is 6. The Morgan fingerprint density at radius 2 is 2.12 bits per heavy atom. The molecule has 1 fully saturated rings. The Bertz CT molecular complexity index is 811. The summed E-state index contributed by atoms with van der Waals surface area (Å²) in [5, 5.41) is 0. The van der Waals surface area contributed by atoms with Crippen LogP contribution in [0.1, 0.15) is 29.9 Å². The Hall–Kier alpha value is -2.37. The fourth-order valence-electron chi connectivity index (χ4n) is 3.38. The number of piperidine rings is 1. The third-order valence-corrected chi connectivity index (χ3v) is 4.82. The second kappa shape index (κ2) is 7.89. The average Bonchev–Trinajstić information content (AvgIpc) is 3.32. The molecule has 1 atom stereocenters. The van der Waals surface area contributed by atoms with Gasteiger partial charge in [0, 0.05) is 13.1 Å². The van der Waals surface area contributed by atoms with Crippen LogP contribution in [0.3, 0.4) is 0 Å². The molecule has 26 heavy (non-hydrogen) atoms. The van der Waals surface area contributed by atoms with Gasteiger partial charge in [0.2, 0.25) is 5.89 Å². The number of nitrogens with zero attached hydrogens (tertiary/aromatic N) is 2. The van der Waals surface area contributed by atoms with Crippen LogP contribution in [0.25, 0.3) is 11.5 Å². The average molecular weight is 352 g/mol. The molecule has 3 heterocycles. The molecule has 1 aromatic carbocycles. The zero-order chi connectivity index (χ0) is 17.8. The number of hydrogen-bond donors (Lipinski definition) is 0. The van der Waals surface area contributed by atoms with Crippen LogP contribution >= 0.6 is 0 Å². The number of oxazole rings is 1.